The predicted octanol–water partition coefficient (Wildman–Crippen LogP) is 3.80. The minimum atomic E-state index is -0.462. The second-order valence-corrected chi connectivity index (χ2v) is 7.03. The Balaban J connectivity index is 1.49. The molecule has 0 aliphatic carbocycles. The minimum Gasteiger partial charge on any atom is -0.391 e. The summed E-state index contributed by atoms with van der Waals surface area (Å²) in [7, 11) is 0. The van der Waals surface area contributed by atoms with Crippen molar-refractivity contribution in [2.24, 2.45) is 0 Å². The number of hydrogen-bond acceptors (Lipinski definition) is 5. The van der Waals surface area contributed by atoms with Gasteiger partial charge in [-0.15, -0.1) is 10.2 Å². The van der Waals surface area contributed by atoms with Crippen LogP contribution >= 0.6 is 22.9 Å². The van der Waals surface area contributed by atoms with Crippen LogP contribution in [0, 0.1) is 0 Å². The van der Waals surface area contributed by atoms with E-state index in [9.17, 15) is 5.11 Å². The molecule has 3 aromatic rings. The Morgan fingerprint density at radius 3 is 2.50 bits per heavy atom. The molecule has 2 N–H and O–H groups in total. The van der Waals surface area contributed by atoms with Gasteiger partial charge in [-0.05, 0) is 23.3 Å². The Morgan fingerprint density at radius 2 is 1.75 bits per heavy atom. The van der Waals surface area contributed by atoms with Crippen LogP contribution in [0.3, 0.4) is 0 Å². The minimum absolute atomic E-state index is 0.449. The SMILES string of the molecule is OC(CNc1nnc(Cc2ccc(Cl)cc2)s1)Cc1ccccc1. The van der Waals surface area contributed by atoms with Gasteiger partial charge < -0.3 is 10.4 Å². The van der Waals surface area contributed by atoms with Crippen LogP contribution in [0.4, 0.5) is 5.13 Å². The van der Waals surface area contributed by atoms with E-state index in [2.05, 4.69) is 15.5 Å². The van der Waals surface area contributed by atoms with Gasteiger partial charge in [-0.3, -0.25) is 0 Å². The molecule has 0 aliphatic rings. The largest absolute Gasteiger partial charge is 0.391 e. The summed E-state index contributed by atoms with van der Waals surface area (Å²) in [6.45, 7) is 0.449. The molecule has 0 saturated carbocycles. The van der Waals surface area contributed by atoms with Crippen LogP contribution in [0.15, 0.2) is 54.6 Å². The second kappa shape index (κ2) is 8.24. The van der Waals surface area contributed by atoms with Gasteiger partial charge >= 0.3 is 0 Å². The van der Waals surface area contributed by atoms with Gasteiger partial charge in [-0.2, -0.15) is 0 Å². The third-order valence-electron chi connectivity index (χ3n) is 3.54. The number of halogens is 1. The van der Waals surface area contributed by atoms with Crippen LogP contribution in [0.5, 0.6) is 0 Å². The molecule has 24 heavy (non-hydrogen) atoms. The maximum Gasteiger partial charge on any atom is 0.205 e. The van der Waals surface area contributed by atoms with Crippen molar-refractivity contribution in [1.82, 2.24) is 10.2 Å². The van der Waals surface area contributed by atoms with Gasteiger partial charge in [0.1, 0.15) is 5.01 Å². The number of hydrogen-bond donors (Lipinski definition) is 2. The first-order valence-electron chi connectivity index (χ1n) is 7.72. The van der Waals surface area contributed by atoms with Crippen molar-refractivity contribution in [3.8, 4) is 0 Å². The summed E-state index contributed by atoms with van der Waals surface area (Å²) in [6.07, 6.45) is 0.879. The monoisotopic (exact) mass is 359 g/mol. The highest BCUT2D eigenvalue weighted by Crippen LogP contribution is 2.19. The third-order valence-corrected chi connectivity index (χ3v) is 4.67. The highest BCUT2D eigenvalue weighted by atomic mass is 35.5. The standard InChI is InChI=1S/C18H18ClN3OS/c19-15-8-6-14(7-9-15)11-17-21-22-18(24-17)20-12-16(23)10-13-4-2-1-3-5-13/h1-9,16,23H,10-12H2,(H,20,22). The lowest BCUT2D eigenvalue weighted by Gasteiger charge is -2.10. The predicted molar refractivity (Wildman–Crippen MR) is 98.8 cm³/mol. The Morgan fingerprint density at radius 1 is 1.00 bits per heavy atom. The van der Waals surface area contributed by atoms with Crippen molar-refractivity contribution in [2.45, 2.75) is 18.9 Å². The molecule has 3 rings (SSSR count). The zero-order valence-electron chi connectivity index (χ0n) is 13.0. The van der Waals surface area contributed by atoms with Crippen molar-refractivity contribution >= 4 is 28.1 Å². The van der Waals surface area contributed by atoms with E-state index < -0.39 is 6.10 Å². The molecule has 0 bridgehead atoms. The molecular weight excluding hydrogens is 342 g/mol. The lowest BCUT2D eigenvalue weighted by Crippen LogP contribution is -2.21. The van der Waals surface area contributed by atoms with E-state index in [0.29, 0.717) is 13.0 Å². The Bertz CT molecular complexity index is 761. The normalized spacial score (nSPS) is 12.1. The summed E-state index contributed by atoms with van der Waals surface area (Å²) < 4.78 is 0. The summed E-state index contributed by atoms with van der Waals surface area (Å²) in [5.74, 6) is 0. The molecule has 1 unspecified atom stereocenters. The molecule has 6 heteroatoms. The van der Waals surface area contributed by atoms with E-state index in [4.69, 9.17) is 11.6 Å². The van der Waals surface area contributed by atoms with Crippen molar-refractivity contribution in [2.75, 3.05) is 11.9 Å². The van der Waals surface area contributed by atoms with E-state index >= 15 is 0 Å². The number of anilines is 1. The van der Waals surface area contributed by atoms with Crippen LogP contribution in [-0.4, -0.2) is 28.0 Å². The number of aliphatic hydroxyl groups excluding tert-OH is 1. The topological polar surface area (TPSA) is 58.0 Å². The van der Waals surface area contributed by atoms with Gasteiger partial charge in [0.25, 0.3) is 0 Å². The lowest BCUT2D eigenvalue weighted by atomic mass is 10.1. The van der Waals surface area contributed by atoms with E-state index in [1.807, 2.05) is 54.6 Å². The van der Waals surface area contributed by atoms with Gasteiger partial charge in [0.2, 0.25) is 5.13 Å². The van der Waals surface area contributed by atoms with E-state index in [-0.39, 0.29) is 0 Å². The average Bonchev–Trinajstić information content (AvgIpc) is 3.04. The fourth-order valence-electron chi connectivity index (χ4n) is 2.34. The quantitative estimate of drug-likeness (QED) is 0.673. The molecule has 4 nitrogen and oxygen atoms in total. The molecule has 0 radical (unpaired) electrons. The molecule has 0 amide bonds. The van der Waals surface area contributed by atoms with Crippen LogP contribution in [-0.2, 0) is 12.8 Å². The summed E-state index contributed by atoms with van der Waals surface area (Å²) in [5.41, 5.74) is 2.26. The van der Waals surface area contributed by atoms with Crippen molar-refractivity contribution < 1.29 is 5.11 Å². The maximum atomic E-state index is 10.1. The first kappa shape index (κ1) is 16.9. The molecule has 1 aromatic heterocycles. The number of benzene rings is 2. The molecule has 0 fully saturated rings. The van der Waals surface area contributed by atoms with E-state index in [0.717, 1.165) is 32.7 Å². The summed E-state index contributed by atoms with van der Waals surface area (Å²) in [4.78, 5) is 0. The highest BCUT2D eigenvalue weighted by molar-refractivity contribution is 7.15. The van der Waals surface area contributed by atoms with Gasteiger partial charge in [-0.25, -0.2) is 0 Å². The first-order valence-corrected chi connectivity index (χ1v) is 8.91. The third kappa shape index (κ3) is 5.03. The van der Waals surface area contributed by atoms with Crippen LogP contribution < -0.4 is 5.32 Å². The summed E-state index contributed by atoms with van der Waals surface area (Å²) in [5, 5.41) is 24.0. The zero-order valence-corrected chi connectivity index (χ0v) is 14.6. The van der Waals surface area contributed by atoms with Crippen LogP contribution in [0.2, 0.25) is 5.02 Å². The lowest BCUT2D eigenvalue weighted by molar-refractivity contribution is 0.188. The number of nitrogens with one attached hydrogen (secondary N) is 1. The van der Waals surface area contributed by atoms with Gasteiger partial charge in [0.05, 0.1) is 6.10 Å². The highest BCUT2D eigenvalue weighted by Gasteiger charge is 2.09. The van der Waals surface area contributed by atoms with Crippen LogP contribution in [0.25, 0.3) is 0 Å². The maximum absolute atomic E-state index is 10.1. The van der Waals surface area contributed by atoms with Crippen molar-refractivity contribution in [1.29, 1.82) is 0 Å². The van der Waals surface area contributed by atoms with Gasteiger partial charge in [0.15, 0.2) is 0 Å². The number of nitrogens with zero attached hydrogens (tertiary/aromatic N) is 2. The molecule has 1 atom stereocenters. The summed E-state index contributed by atoms with van der Waals surface area (Å²) >= 11 is 7.39. The molecule has 1 heterocycles. The Hall–Kier alpha value is -1.95. The van der Waals surface area contributed by atoms with Crippen molar-refractivity contribution in [3.05, 3.63) is 75.8 Å². The van der Waals surface area contributed by atoms with E-state index in [1.54, 1.807) is 0 Å². The number of rotatable bonds is 7. The van der Waals surface area contributed by atoms with Gasteiger partial charge in [0, 0.05) is 24.4 Å². The fourth-order valence-corrected chi connectivity index (χ4v) is 3.24. The molecule has 0 aliphatic heterocycles. The molecule has 0 spiro atoms. The van der Waals surface area contributed by atoms with Crippen LogP contribution in [0.1, 0.15) is 16.1 Å². The van der Waals surface area contributed by atoms with Gasteiger partial charge in [-0.1, -0.05) is 65.4 Å². The van der Waals surface area contributed by atoms with Crippen molar-refractivity contribution in [3.63, 3.8) is 0 Å². The molecule has 0 saturated heterocycles. The Labute approximate surface area is 150 Å². The smallest absolute Gasteiger partial charge is 0.205 e. The Kier molecular flexibility index (Phi) is 5.80. The molecular formula is C18H18ClN3OS. The number of aliphatic hydroxyl groups is 1. The second-order valence-electron chi connectivity index (χ2n) is 5.53. The molecule has 2 aromatic carbocycles. The first-order chi connectivity index (χ1) is 11.7. The molecule has 124 valence electrons. The van der Waals surface area contributed by atoms with E-state index in [1.165, 1.54) is 11.3 Å². The average molecular weight is 360 g/mol. The fraction of sp³-hybridized carbons (Fsp3) is 0.222. The number of aromatic nitrogens is 2. The summed E-state index contributed by atoms with van der Waals surface area (Å²) in [6, 6.07) is 17.7. The zero-order chi connectivity index (χ0) is 16.8.